The van der Waals surface area contributed by atoms with E-state index in [1.54, 1.807) is 11.8 Å². The van der Waals surface area contributed by atoms with E-state index in [0.717, 1.165) is 19.3 Å². The normalized spacial score (nSPS) is 31.1. The summed E-state index contributed by atoms with van der Waals surface area (Å²) in [5, 5.41) is 27.9. The van der Waals surface area contributed by atoms with Gasteiger partial charge in [-0.3, -0.25) is 0 Å². The molecule has 3 nitrogen and oxygen atoms in total. The highest BCUT2D eigenvalue weighted by Gasteiger charge is 2.22. The Balaban J connectivity index is 2.26. The summed E-state index contributed by atoms with van der Waals surface area (Å²) in [6, 6.07) is 0. The van der Waals surface area contributed by atoms with Gasteiger partial charge in [0.2, 0.25) is 0 Å². The maximum Gasteiger partial charge on any atom is 0.0861 e. The summed E-state index contributed by atoms with van der Waals surface area (Å²) in [5.74, 6) is 0.526. The fourth-order valence-corrected chi connectivity index (χ4v) is 3.00. The van der Waals surface area contributed by atoms with Crippen molar-refractivity contribution in [2.45, 2.75) is 49.6 Å². The van der Waals surface area contributed by atoms with Crippen molar-refractivity contribution in [1.82, 2.24) is 0 Å². The van der Waals surface area contributed by atoms with Crippen molar-refractivity contribution in [3.63, 3.8) is 0 Å². The molecule has 0 aromatic heterocycles. The van der Waals surface area contributed by atoms with Gasteiger partial charge in [-0.25, -0.2) is 0 Å². The van der Waals surface area contributed by atoms with E-state index < -0.39 is 6.10 Å². The van der Waals surface area contributed by atoms with Gasteiger partial charge in [0.25, 0.3) is 0 Å². The average molecular weight is 220 g/mol. The summed E-state index contributed by atoms with van der Waals surface area (Å²) < 4.78 is 0. The summed E-state index contributed by atoms with van der Waals surface area (Å²) >= 11 is 1.59. The zero-order chi connectivity index (χ0) is 10.4. The number of thioether (sulfide) groups is 1. The van der Waals surface area contributed by atoms with Crippen molar-refractivity contribution in [1.29, 1.82) is 0 Å². The van der Waals surface area contributed by atoms with E-state index in [4.69, 9.17) is 5.11 Å². The lowest BCUT2D eigenvalue weighted by Crippen LogP contribution is -2.25. The minimum Gasteiger partial charge on any atom is -0.394 e. The molecule has 3 unspecified atom stereocenters. The molecule has 14 heavy (non-hydrogen) atoms. The first-order chi connectivity index (χ1) is 6.74. The second-order valence-electron chi connectivity index (χ2n) is 3.91. The zero-order valence-electron chi connectivity index (χ0n) is 8.43. The van der Waals surface area contributed by atoms with Crippen LogP contribution in [0, 0.1) is 0 Å². The van der Waals surface area contributed by atoms with Crippen LogP contribution in [0.5, 0.6) is 0 Å². The monoisotopic (exact) mass is 220 g/mol. The first-order valence-electron chi connectivity index (χ1n) is 5.32. The van der Waals surface area contributed by atoms with Gasteiger partial charge >= 0.3 is 0 Å². The van der Waals surface area contributed by atoms with Crippen molar-refractivity contribution in [3.8, 4) is 0 Å². The molecule has 0 spiro atoms. The molecule has 1 aliphatic rings. The zero-order valence-corrected chi connectivity index (χ0v) is 9.25. The highest BCUT2D eigenvalue weighted by Crippen LogP contribution is 2.28. The topological polar surface area (TPSA) is 60.7 Å². The average Bonchev–Trinajstić information content (AvgIpc) is 2.39. The number of aliphatic hydroxyl groups excluding tert-OH is 3. The molecule has 0 bridgehead atoms. The third-order valence-corrected chi connectivity index (χ3v) is 4.19. The molecule has 0 amide bonds. The molecule has 0 radical (unpaired) electrons. The first kappa shape index (κ1) is 12.3. The molecule has 0 saturated heterocycles. The van der Waals surface area contributed by atoms with E-state index in [1.165, 1.54) is 12.8 Å². The fraction of sp³-hybridized carbons (Fsp3) is 1.00. The van der Waals surface area contributed by atoms with Gasteiger partial charge in [0.15, 0.2) is 0 Å². The Morgan fingerprint density at radius 2 is 1.93 bits per heavy atom. The van der Waals surface area contributed by atoms with Crippen LogP contribution in [0.2, 0.25) is 0 Å². The summed E-state index contributed by atoms with van der Waals surface area (Å²) in [6.45, 7) is -0.185. The molecule has 0 aliphatic heterocycles. The van der Waals surface area contributed by atoms with Crippen LogP contribution in [0.3, 0.4) is 0 Å². The Morgan fingerprint density at radius 3 is 2.64 bits per heavy atom. The Kier molecular flexibility index (Phi) is 5.86. The van der Waals surface area contributed by atoms with Gasteiger partial charge in [0.05, 0.1) is 18.8 Å². The van der Waals surface area contributed by atoms with Crippen LogP contribution >= 0.6 is 11.8 Å². The largest absolute Gasteiger partial charge is 0.394 e. The first-order valence-corrected chi connectivity index (χ1v) is 6.37. The molecule has 0 heterocycles. The summed E-state index contributed by atoms with van der Waals surface area (Å²) in [5.41, 5.74) is 0. The molecular formula is C10H20O3S. The molecule has 3 atom stereocenters. The standard InChI is InChI=1S/C10H20O3S/c11-6-8(12)7-14-10-5-3-1-2-4-9(10)13/h8-13H,1-7H2. The summed E-state index contributed by atoms with van der Waals surface area (Å²) in [4.78, 5) is 0. The molecule has 84 valence electrons. The van der Waals surface area contributed by atoms with Gasteiger partial charge < -0.3 is 15.3 Å². The lowest BCUT2D eigenvalue weighted by molar-refractivity contribution is 0.113. The number of hydrogen-bond donors (Lipinski definition) is 3. The minimum atomic E-state index is -0.643. The highest BCUT2D eigenvalue weighted by molar-refractivity contribution is 8.00. The predicted molar refractivity (Wildman–Crippen MR) is 58.4 cm³/mol. The van der Waals surface area contributed by atoms with Gasteiger partial charge in [-0.05, 0) is 12.8 Å². The number of rotatable bonds is 4. The number of aliphatic hydroxyl groups is 3. The molecule has 1 aliphatic carbocycles. The van der Waals surface area contributed by atoms with Crippen LogP contribution in [-0.2, 0) is 0 Å². The third-order valence-electron chi connectivity index (χ3n) is 2.63. The van der Waals surface area contributed by atoms with E-state index in [1.807, 2.05) is 0 Å². The van der Waals surface area contributed by atoms with Gasteiger partial charge in [0.1, 0.15) is 0 Å². The van der Waals surface area contributed by atoms with Crippen LogP contribution in [0.1, 0.15) is 32.1 Å². The Labute approximate surface area is 89.5 Å². The molecule has 1 saturated carbocycles. The smallest absolute Gasteiger partial charge is 0.0861 e. The summed E-state index contributed by atoms with van der Waals surface area (Å²) in [7, 11) is 0. The van der Waals surface area contributed by atoms with Gasteiger partial charge in [-0.1, -0.05) is 19.3 Å². The SMILES string of the molecule is OCC(O)CSC1CCCCCC1O. The van der Waals surface area contributed by atoms with Gasteiger partial charge in [-0.2, -0.15) is 11.8 Å². The highest BCUT2D eigenvalue weighted by atomic mass is 32.2. The van der Waals surface area contributed by atoms with Crippen molar-refractivity contribution >= 4 is 11.8 Å². The van der Waals surface area contributed by atoms with Crippen LogP contribution in [0.15, 0.2) is 0 Å². The Bertz CT molecular complexity index is 154. The second kappa shape index (κ2) is 6.67. The van der Waals surface area contributed by atoms with E-state index in [2.05, 4.69) is 0 Å². The van der Waals surface area contributed by atoms with E-state index >= 15 is 0 Å². The van der Waals surface area contributed by atoms with Crippen LogP contribution in [-0.4, -0.2) is 45.1 Å². The van der Waals surface area contributed by atoms with Gasteiger partial charge in [0, 0.05) is 11.0 Å². The molecule has 3 N–H and O–H groups in total. The third kappa shape index (κ3) is 4.17. The van der Waals surface area contributed by atoms with E-state index in [9.17, 15) is 10.2 Å². The molecule has 1 fully saturated rings. The molecule has 0 aromatic rings. The quantitative estimate of drug-likeness (QED) is 0.612. The Morgan fingerprint density at radius 1 is 1.21 bits per heavy atom. The fourth-order valence-electron chi connectivity index (χ4n) is 1.74. The second-order valence-corrected chi connectivity index (χ2v) is 5.19. The van der Waals surface area contributed by atoms with Crippen LogP contribution < -0.4 is 0 Å². The molecular weight excluding hydrogens is 200 g/mol. The summed E-state index contributed by atoms with van der Waals surface area (Å²) in [6.07, 6.45) is 4.53. The van der Waals surface area contributed by atoms with Crippen LogP contribution in [0.4, 0.5) is 0 Å². The Hall–Kier alpha value is 0.230. The van der Waals surface area contributed by atoms with E-state index in [0.29, 0.717) is 5.75 Å². The lowest BCUT2D eigenvalue weighted by Gasteiger charge is -2.20. The maximum atomic E-state index is 9.77. The predicted octanol–water partition coefficient (Wildman–Crippen LogP) is 0.766. The minimum absolute atomic E-state index is 0.185. The van der Waals surface area contributed by atoms with Crippen molar-refractivity contribution in [2.24, 2.45) is 0 Å². The molecule has 1 rings (SSSR count). The molecule has 4 heteroatoms. The molecule has 0 aromatic carbocycles. The van der Waals surface area contributed by atoms with Crippen molar-refractivity contribution in [2.75, 3.05) is 12.4 Å². The van der Waals surface area contributed by atoms with E-state index in [-0.39, 0.29) is 18.0 Å². The maximum absolute atomic E-state index is 9.77. The van der Waals surface area contributed by atoms with Crippen LogP contribution in [0.25, 0.3) is 0 Å². The lowest BCUT2D eigenvalue weighted by atomic mass is 10.1. The van der Waals surface area contributed by atoms with Crippen molar-refractivity contribution in [3.05, 3.63) is 0 Å². The van der Waals surface area contributed by atoms with Gasteiger partial charge in [-0.15, -0.1) is 0 Å². The number of hydrogen-bond acceptors (Lipinski definition) is 4. The van der Waals surface area contributed by atoms with Crippen molar-refractivity contribution < 1.29 is 15.3 Å².